The van der Waals surface area contributed by atoms with Crippen molar-refractivity contribution >= 4 is 17.3 Å². The van der Waals surface area contributed by atoms with Gasteiger partial charge in [-0.15, -0.1) is 0 Å². The lowest BCUT2D eigenvalue weighted by molar-refractivity contribution is -0.384. The Bertz CT molecular complexity index is 582. The maximum Gasteiger partial charge on any atom is 0.288 e. The maximum absolute atomic E-state index is 10.8. The number of aromatic amines is 1. The van der Waals surface area contributed by atoms with Gasteiger partial charge in [-0.25, -0.2) is 4.98 Å². The number of benzene rings is 1. The van der Waals surface area contributed by atoms with Crippen molar-refractivity contribution < 1.29 is 4.92 Å². The molecular formula is C11H11ClN4O2. The third kappa shape index (κ3) is 2.49. The van der Waals surface area contributed by atoms with Crippen molar-refractivity contribution in [2.24, 2.45) is 0 Å². The van der Waals surface area contributed by atoms with Crippen molar-refractivity contribution in [3.8, 4) is 11.3 Å². The van der Waals surface area contributed by atoms with Gasteiger partial charge in [0.1, 0.15) is 10.8 Å². The van der Waals surface area contributed by atoms with Gasteiger partial charge in [0.2, 0.25) is 0 Å². The second-order valence-corrected chi connectivity index (χ2v) is 4.10. The summed E-state index contributed by atoms with van der Waals surface area (Å²) in [6.07, 6.45) is 1.64. The zero-order valence-electron chi connectivity index (χ0n) is 9.61. The molecule has 0 aliphatic carbocycles. The van der Waals surface area contributed by atoms with Crippen molar-refractivity contribution in [3.05, 3.63) is 45.4 Å². The standard InChI is InChI=1S/C11H11ClN4O2/c1-13-6-11-14-5-9(15-11)7-2-3-8(12)10(4-7)16(17)18/h2-5,13H,6H2,1H3,(H,14,15). The van der Waals surface area contributed by atoms with E-state index >= 15 is 0 Å². The van der Waals surface area contributed by atoms with Crippen LogP contribution in [-0.4, -0.2) is 21.9 Å². The highest BCUT2D eigenvalue weighted by atomic mass is 35.5. The molecule has 7 heteroatoms. The monoisotopic (exact) mass is 266 g/mol. The summed E-state index contributed by atoms with van der Waals surface area (Å²) in [5.74, 6) is 0.769. The fourth-order valence-electron chi connectivity index (χ4n) is 1.59. The van der Waals surface area contributed by atoms with Crippen LogP contribution in [0.5, 0.6) is 0 Å². The molecule has 0 aliphatic rings. The van der Waals surface area contributed by atoms with E-state index < -0.39 is 4.92 Å². The molecule has 0 spiro atoms. The van der Waals surface area contributed by atoms with E-state index in [2.05, 4.69) is 15.3 Å². The summed E-state index contributed by atoms with van der Waals surface area (Å²) >= 11 is 5.76. The van der Waals surface area contributed by atoms with Gasteiger partial charge in [0.15, 0.2) is 0 Å². The number of imidazole rings is 1. The van der Waals surface area contributed by atoms with Crippen molar-refractivity contribution in [1.29, 1.82) is 0 Å². The molecular weight excluding hydrogens is 256 g/mol. The Morgan fingerprint density at radius 2 is 2.33 bits per heavy atom. The molecule has 0 saturated heterocycles. The summed E-state index contributed by atoms with van der Waals surface area (Å²) in [5, 5.41) is 13.9. The first-order valence-electron chi connectivity index (χ1n) is 5.24. The Morgan fingerprint density at radius 3 is 3.00 bits per heavy atom. The van der Waals surface area contributed by atoms with Crippen LogP contribution in [0.2, 0.25) is 5.02 Å². The summed E-state index contributed by atoms with van der Waals surface area (Å²) in [7, 11) is 1.81. The van der Waals surface area contributed by atoms with Crippen LogP contribution in [-0.2, 0) is 6.54 Å². The van der Waals surface area contributed by atoms with Crippen molar-refractivity contribution in [2.45, 2.75) is 6.54 Å². The van der Waals surface area contributed by atoms with Crippen LogP contribution in [0.15, 0.2) is 24.4 Å². The fraction of sp³-hybridized carbons (Fsp3) is 0.182. The zero-order valence-corrected chi connectivity index (χ0v) is 10.4. The van der Waals surface area contributed by atoms with E-state index in [0.29, 0.717) is 12.1 Å². The first kappa shape index (κ1) is 12.5. The molecule has 6 nitrogen and oxygen atoms in total. The van der Waals surface area contributed by atoms with E-state index in [1.807, 2.05) is 7.05 Å². The smallest absolute Gasteiger partial charge is 0.288 e. The second kappa shape index (κ2) is 5.16. The molecule has 0 aliphatic heterocycles. The lowest BCUT2D eigenvalue weighted by Gasteiger charge is -2.00. The number of aromatic nitrogens is 2. The minimum Gasteiger partial charge on any atom is -0.341 e. The van der Waals surface area contributed by atoms with Crippen LogP contribution in [0.3, 0.4) is 0 Å². The Hall–Kier alpha value is -1.92. The van der Waals surface area contributed by atoms with E-state index in [1.54, 1.807) is 12.3 Å². The molecule has 1 heterocycles. The third-order valence-electron chi connectivity index (χ3n) is 2.43. The van der Waals surface area contributed by atoms with E-state index in [9.17, 15) is 10.1 Å². The Kier molecular flexibility index (Phi) is 3.59. The van der Waals surface area contributed by atoms with Crippen LogP contribution in [0, 0.1) is 10.1 Å². The Morgan fingerprint density at radius 1 is 1.56 bits per heavy atom. The molecule has 0 atom stereocenters. The van der Waals surface area contributed by atoms with Crippen LogP contribution < -0.4 is 5.32 Å². The van der Waals surface area contributed by atoms with Gasteiger partial charge in [0.25, 0.3) is 5.69 Å². The quantitative estimate of drug-likeness (QED) is 0.657. The van der Waals surface area contributed by atoms with Crippen LogP contribution in [0.4, 0.5) is 5.69 Å². The number of nitrogens with zero attached hydrogens (tertiary/aromatic N) is 2. The number of halogens is 1. The first-order chi connectivity index (χ1) is 8.61. The second-order valence-electron chi connectivity index (χ2n) is 3.70. The van der Waals surface area contributed by atoms with Gasteiger partial charge in [-0.2, -0.15) is 0 Å². The fourth-order valence-corrected chi connectivity index (χ4v) is 1.77. The lowest BCUT2D eigenvalue weighted by atomic mass is 10.1. The number of rotatable bonds is 4. The predicted octanol–water partition coefficient (Wildman–Crippen LogP) is 2.36. The molecule has 1 aromatic carbocycles. The molecule has 1 aromatic heterocycles. The summed E-state index contributed by atoms with van der Waals surface area (Å²) in [4.78, 5) is 17.5. The molecule has 94 valence electrons. The highest BCUT2D eigenvalue weighted by Crippen LogP contribution is 2.29. The van der Waals surface area contributed by atoms with E-state index in [0.717, 1.165) is 11.5 Å². The number of nitro benzene ring substituents is 1. The van der Waals surface area contributed by atoms with Gasteiger partial charge in [0, 0.05) is 11.6 Å². The summed E-state index contributed by atoms with van der Waals surface area (Å²) in [6, 6.07) is 4.65. The van der Waals surface area contributed by atoms with E-state index in [1.165, 1.54) is 12.1 Å². The Balaban J connectivity index is 2.38. The van der Waals surface area contributed by atoms with Gasteiger partial charge >= 0.3 is 0 Å². The molecule has 0 amide bonds. The number of hydrogen-bond donors (Lipinski definition) is 2. The van der Waals surface area contributed by atoms with E-state index in [4.69, 9.17) is 11.6 Å². The lowest BCUT2D eigenvalue weighted by Crippen LogP contribution is -2.06. The number of nitrogens with one attached hydrogen (secondary N) is 2. The first-order valence-corrected chi connectivity index (χ1v) is 5.62. The summed E-state index contributed by atoms with van der Waals surface area (Å²) in [5.41, 5.74) is 1.29. The molecule has 0 radical (unpaired) electrons. The van der Waals surface area contributed by atoms with Crippen LogP contribution >= 0.6 is 11.6 Å². The topological polar surface area (TPSA) is 83.8 Å². The minimum atomic E-state index is -0.503. The normalized spacial score (nSPS) is 10.6. The SMILES string of the molecule is CNCc1ncc(-c2ccc(Cl)c([N+](=O)[O-])c2)[nH]1. The van der Waals surface area contributed by atoms with Gasteiger partial charge in [0.05, 0.1) is 23.4 Å². The van der Waals surface area contributed by atoms with Gasteiger partial charge in [-0.3, -0.25) is 10.1 Å². The third-order valence-corrected chi connectivity index (χ3v) is 2.75. The molecule has 18 heavy (non-hydrogen) atoms. The van der Waals surface area contributed by atoms with Crippen molar-refractivity contribution in [1.82, 2.24) is 15.3 Å². The van der Waals surface area contributed by atoms with Gasteiger partial charge < -0.3 is 10.3 Å². The van der Waals surface area contributed by atoms with Gasteiger partial charge in [-0.05, 0) is 13.1 Å². The minimum absolute atomic E-state index is 0.112. The number of H-pyrrole nitrogens is 1. The maximum atomic E-state index is 10.8. The van der Waals surface area contributed by atoms with Crippen molar-refractivity contribution in [2.75, 3.05) is 7.05 Å². The van der Waals surface area contributed by atoms with Crippen LogP contribution in [0.1, 0.15) is 5.82 Å². The largest absolute Gasteiger partial charge is 0.341 e. The average Bonchev–Trinajstić information content (AvgIpc) is 2.78. The Labute approximate surface area is 108 Å². The molecule has 0 bridgehead atoms. The molecule has 2 aromatic rings. The molecule has 0 saturated carbocycles. The van der Waals surface area contributed by atoms with E-state index in [-0.39, 0.29) is 10.7 Å². The molecule has 2 rings (SSSR count). The predicted molar refractivity (Wildman–Crippen MR) is 68.5 cm³/mol. The highest BCUT2D eigenvalue weighted by molar-refractivity contribution is 6.32. The van der Waals surface area contributed by atoms with Gasteiger partial charge in [-0.1, -0.05) is 17.7 Å². The van der Waals surface area contributed by atoms with Crippen molar-refractivity contribution in [3.63, 3.8) is 0 Å². The highest BCUT2D eigenvalue weighted by Gasteiger charge is 2.14. The average molecular weight is 267 g/mol. The summed E-state index contributed by atoms with van der Waals surface area (Å²) < 4.78 is 0. The molecule has 0 fully saturated rings. The van der Waals surface area contributed by atoms with Crippen LogP contribution in [0.25, 0.3) is 11.3 Å². The number of nitro groups is 1. The summed E-state index contributed by atoms with van der Waals surface area (Å²) in [6.45, 7) is 0.607. The zero-order chi connectivity index (χ0) is 13.1. The molecule has 2 N–H and O–H groups in total. The molecule has 0 unspecified atom stereocenters. The number of hydrogen-bond acceptors (Lipinski definition) is 4.